The summed E-state index contributed by atoms with van der Waals surface area (Å²) in [7, 11) is 0. The second-order valence-electron chi connectivity index (χ2n) is 3.64. The van der Waals surface area contributed by atoms with Crippen molar-refractivity contribution in [1.82, 2.24) is 5.32 Å². The van der Waals surface area contributed by atoms with Gasteiger partial charge in [-0.15, -0.1) is 0 Å². The summed E-state index contributed by atoms with van der Waals surface area (Å²) in [4.78, 5) is 11.3. The molecule has 0 aliphatic carbocycles. The number of hydrogen-bond acceptors (Lipinski definition) is 3. The lowest BCUT2D eigenvalue weighted by molar-refractivity contribution is -0.123. The molecule has 0 heterocycles. The summed E-state index contributed by atoms with van der Waals surface area (Å²) in [6, 6.07) is 4.10. The Hall–Kier alpha value is -1.69. The molecule has 0 radical (unpaired) electrons. The van der Waals surface area contributed by atoms with Crippen LogP contribution in [-0.2, 0) is 4.79 Å². The van der Waals surface area contributed by atoms with Crippen molar-refractivity contribution >= 4 is 23.1 Å². The number of amides is 1. The largest absolute Gasteiger partial charge is 0.484 e. The molecule has 6 heteroatoms. The molecule has 0 saturated carbocycles. The first kappa shape index (κ1) is 14.4. The van der Waals surface area contributed by atoms with Gasteiger partial charge in [-0.1, -0.05) is 19.1 Å². The van der Waals surface area contributed by atoms with E-state index in [1.165, 1.54) is 12.1 Å². The van der Waals surface area contributed by atoms with Gasteiger partial charge in [0.2, 0.25) is 0 Å². The molecular weight excluding hydrogens is 255 g/mol. The summed E-state index contributed by atoms with van der Waals surface area (Å²) in [5, 5.41) is 2.65. The smallest absolute Gasteiger partial charge is 0.257 e. The van der Waals surface area contributed by atoms with Crippen LogP contribution >= 0.6 is 12.2 Å². The van der Waals surface area contributed by atoms with Gasteiger partial charge in [-0.05, 0) is 18.6 Å². The van der Waals surface area contributed by atoms with Crippen LogP contribution < -0.4 is 15.8 Å². The van der Waals surface area contributed by atoms with Crippen molar-refractivity contribution in [2.75, 3.05) is 13.2 Å². The SMILES string of the molecule is CCCNC(=O)COc1ccc(C(N)=S)c(F)c1. The number of hydrogen-bond donors (Lipinski definition) is 2. The van der Waals surface area contributed by atoms with Crippen molar-refractivity contribution < 1.29 is 13.9 Å². The predicted octanol–water partition coefficient (Wildman–Crippen LogP) is 1.36. The zero-order valence-corrected chi connectivity index (χ0v) is 10.8. The van der Waals surface area contributed by atoms with Gasteiger partial charge >= 0.3 is 0 Å². The highest BCUT2D eigenvalue weighted by atomic mass is 32.1. The quantitative estimate of drug-likeness (QED) is 0.766. The van der Waals surface area contributed by atoms with E-state index in [4.69, 9.17) is 10.5 Å². The average molecular weight is 270 g/mol. The minimum absolute atomic E-state index is 0.0141. The van der Waals surface area contributed by atoms with E-state index >= 15 is 0 Å². The van der Waals surface area contributed by atoms with Gasteiger partial charge in [-0.3, -0.25) is 4.79 Å². The van der Waals surface area contributed by atoms with Gasteiger partial charge in [0.1, 0.15) is 16.6 Å². The highest BCUT2D eigenvalue weighted by Gasteiger charge is 2.07. The standard InChI is InChI=1S/C12H15FN2O2S/c1-2-5-15-11(16)7-17-8-3-4-9(12(14)18)10(13)6-8/h3-4,6H,2,5,7H2,1H3,(H2,14,18)(H,15,16). The number of halogens is 1. The van der Waals surface area contributed by atoms with Crippen LogP contribution in [0.2, 0.25) is 0 Å². The van der Waals surface area contributed by atoms with Crippen LogP contribution in [0, 0.1) is 5.82 Å². The minimum Gasteiger partial charge on any atom is -0.484 e. The molecule has 1 aromatic carbocycles. The first-order valence-corrected chi connectivity index (χ1v) is 5.94. The molecule has 0 bridgehead atoms. The maximum Gasteiger partial charge on any atom is 0.257 e. The van der Waals surface area contributed by atoms with Gasteiger partial charge in [0.15, 0.2) is 6.61 Å². The molecule has 0 spiro atoms. The van der Waals surface area contributed by atoms with E-state index in [1.807, 2.05) is 6.92 Å². The average Bonchev–Trinajstić information content (AvgIpc) is 2.33. The van der Waals surface area contributed by atoms with E-state index in [9.17, 15) is 9.18 Å². The fourth-order valence-electron chi connectivity index (χ4n) is 1.25. The fourth-order valence-corrected chi connectivity index (χ4v) is 1.42. The molecule has 0 aliphatic heterocycles. The van der Waals surface area contributed by atoms with Crippen LogP contribution in [0.3, 0.4) is 0 Å². The number of benzene rings is 1. The summed E-state index contributed by atoms with van der Waals surface area (Å²) < 4.78 is 18.6. The molecule has 1 rings (SSSR count). The Morgan fingerprint density at radius 2 is 2.28 bits per heavy atom. The highest BCUT2D eigenvalue weighted by Crippen LogP contribution is 2.16. The molecule has 1 aromatic rings. The Bertz CT molecular complexity index is 452. The Morgan fingerprint density at radius 3 is 2.83 bits per heavy atom. The maximum absolute atomic E-state index is 13.5. The Kier molecular flexibility index (Phi) is 5.51. The van der Waals surface area contributed by atoms with Crippen molar-refractivity contribution in [2.45, 2.75) is 13.3 Å². The van der Waals surface area contributed by atoms with Crippen LogP contribution in [0.5, 0.6) is 5.75 Å². The van der Waals surface area contributed by atoms with Gasteiger partial charge in [0, 0.05) is 18.2 Å². The van der Waals surface area contributed by atoms with Crippen molar-refractivity contribution in [3.63, 3.8) is 0 Å². The molecule has 1 amide bonds. The molecule has 0 atom stereocenters. The van der Waals surface area contributed by atoms with Crippen LogP contribution in [-0.4, -0.2) is 24.0 Å². The van der Waals surface area contributed by atoms with E-state index in [1.54, 1.807) is 0 Å². The summed E-state index contributed by atoms with van der Waals surface area (Å²) in [6.07, 6.45) is 0.850. The van der Waals surface area contributed by atoms with Crippen LogP contribution in [0.1, 0.15) is 18.9 Å². The molecule has 98 valence electrons. The Labute approximate surface area is 110 Å². The van der Waals surface area contributed by atoms with Gasteiger partial charge in [-0.2, -0.15) is 0 Å². The van der Waals surface area contributed by atoms with E-state index in [0.717, 1.165) is 12.5 Å². The third-order valence-corrected chi connectivity index (χ3v) is 2.37. The summed E-state index contributed by atoms with van der Waals surface area (Å²) in [5.74, 6) is -0.538. The number of nitrogens with one attached hydrogen (secondary N) is 1. The zero-order chi connectivity index (χ0) is 13.5. The van der Waals surface area contributed by atoms with Crippen molar-refractivity contribution in [1.29, 1.82) is 0 Å². The monoisotopic (exact) mass is 270 g/mol. The number of carbonyl (C=O) groups excluding carboxylic acids is 1. The van der Waals surface area contributed by atoms with Gasteiger partial charge in [0.25, 0.3) is 5.91 Å². The van der Waals surface area contributed by atoms with E-state index in [0.29, 0.717) is 6.54 Å². The van der Waals surface area contributed by atoms with E-state index in [2.05, 4.69) is 17.5 Å². The van der Waals surface area contributed by atoms with Crippen LogP contribution in [0.25, 0.3) is 0 Å². The lowest BCUT2D eigenvalue weighted by atomic mass is 10.2. The highest BCUT2D eigenvalue weighted by molar-refractivity contribution is 7.80. The third kappa shape index (κ3) is 4.29. The van der Waals surface area contributed by atoms with Crippen molar-refractivity contribution in [3.8, 4) is 5.75 Å². The predicted molar refractivity (Wildman–Crippen MR) is 71.1 cm³/mol. The number of ether oxygens (including phenoxy) is 1. The molecule has 0 aliphatic rings. The van der Waals surface area contributed by atoms with E-state index < -0.39 is 5.82 Å². The van der Waals surface area contributed by atoms with Crippen molar-refractivity contribution in [3.05, 3.63) is 29.6 Å². The Morgan fingerprint density at radius 1 is 1.56 bits per heavy atom. The molecule has 0 aromatic heterocycles. The molecule has 0 saturated heterocycles. The number of nitrogens with two attached hydrogens (primary N) is 1. The van der Waals surface area contributed by atoms with Crippen molar-refractivity contribution in [2.24, 2.45) is 5.73 Å². The first-order valence-electron chi connectivity index (χ1n) is 5.53. The molecule has 0 unspecified atom stereocenters. The second-order valence-corrected chi connectivity index (χ2v) is 4.08. The number of rotatable bonds is 6. The molecular formula is C12H15FN2O2S. The third-order valence-electron chi connectivity index (χ3n) is 2.15. The maximum atomic E-state index is 13.5. The van der Waals surface area contributed by atoms with Gasteiger partial charge in [0.05, 0.1) is 0 Å². The first-order chi connectivity index (χ1) is 8.54. The minimum atomic E-state index is -0.561. The zero-order valence-electron chi connectivity index (χ0n) is 10.0. The van der Waals surface area contributed by atoms with E-state index in [-0.39, 0.29) is 28.8 Å². The molecule has 0 fully saturated rings. The summed E-state index contributed by atoms with van der Waals surface area (Å²) >= 11 is 4.68. The fraction of sp³-hybridized carbons (Fsp3) is 0.333. The summed E-state index contributed by atoms with van der Waals surface area (Å²) in [6.45, 7) is 2.40. The van der Waals surface area contributed by atoms with Crippen LogP contribution in [0.15, 0.2) is 18.2 Å². The van der Waals surface area contributed by atoms with Gasteiger partial charge in [-0.25, -0.2) is 4.39 Å². The topological polar surface area (TPSA) is 64.3 Å². The number of carbonyl (C=O) groups is 1. The molecule has 18 heavy (non-hydrogen) atoms. The number of thiocarbonyl (C=S) groups is 1. The second kappa shape index (κ2) is 6.90. The lowest BCUT2D eigenvalue weighted by Crippen LogP contribution is -2.29. The van der Waals surface area contributed by atoms with Gasteiger partial charge < -0.3 is 15.8 Å². The summed E-state index contributed by atoms with van der Waals surface area (Å²) in [5.41, 5.74) is 5.49. The lowest BCUT2D eigenvalue weighted by Gasteiger charge is -2.08. The molecule has 4 nitrogen and oxygen atoms in total. The molecule has 3 N–H and O–H groups in total. The Balaban J connectivity index is 2.56. The van der Waals surface area contributed by atoms with Crippen LogP contribution in [0.4, 0.5) is 4.39 Å². The normalized spacial score (nSPS) is 9.89.